The Labute approximate surface area is 79.2 Å². The fourth-order valence-electron chi connectivity index (χ4n) is 1.21. The van der Waals surface area contributed by atoms with E-state index < -0.39 is 6.10 Å². The first-order chi connectivity index (χ1) is 6.06. The second-order valence-electron chi connectivity index (χ2n) is 3.66. The molecule has 0 aromatic carbocycles. The summed E-state index contributed by atoms with van der Waals surface area (Å²) >= 11 is 0. The van der Waals surface area contributed by atoms with Gasteiger partial charge in [-0.25, -0.2) is 4.98 Å². The van der Waals surface area contributed by atoms with Crippen molar-refractivity contribution in [2.45, 2.75) is 40.2 Å². The molecule has 2 atom stereocenters. The van der Waals surface area contributed by atoms with E-state index in [2.05, 4.69) is 16.9 Å². The van der Waals surface area contributed by atoms with Gasteiger partial charge in [-0.3, -0.25) is 0 Å². The standard InChI is InChI=1S/C10H18N2O/c1-5-6(2)9(13)10-11-7(3)8(4)12-10/h6,9,13H,5H2,1-4H3,(H,11,12). The molecule has 0 spiro atoms. The summed E-state index contributed by atoms with van der Waals surface area (Å²) in [6.07, 6.45) is 0.498. The Hall–Kier alpha value is -0.830. The highest BCUT2D eigenvalue weighted by Crippen LogP contribution is 2.22. The van der Waals surface area contributed by atoms with Crippen LogP contribution in [-0.4, -0.2) is 15.1 Å². The van der Waals surface area contributed by atoms with Gasteiger partial charge in [0.15, 0.2) is 0 Å². The van der Waals surface area contributed by atoms with Crippen LogP contribution in [0.15, 0.2) is 0 Å². The maximum Gasteiger partial charge on any atom is 0.135 e. The largest absolute Gasteiger partial charge is 0.385 e. The van der Waals surface area contributed by atoms with Crippen LogP contribution < -0.4 is 0 Å². The predicted molar refractivity (Wildman–Crippen MR) is 52.5 cm³/mol. The van der Waals surface area contributed by atoms with Gasteiger partial charge in [0.05, 0.1) is 5.69 Å². The molecule has 1 heterocycles. The van der Waals surface area contributed by atoms with Crippen molar-refractivity contribution in [1.29, 1.82) is 0 Å². The van der Waals surface area contributed by atoms with Crippen LogP contribution in [0.1, 0.15) is 43.6 Å². The molecular formula is C10H18N2O. The highest BCUT2D eigenvalue weighted by atomic mass is 16.3. The van der Waals surface area contributed by atoms with E-state index >= 15 is 0 Å². The number of hydrogen-bond acceptors (Lipinski definition) is 2. The van der Waals surface area contributed by atoms with E-state index in [0.717, 1.165) is 17.8 Å². The molecule has 0 aliphatic rings. The highest BCUT2D eigenvalue weighted by molar-refractivity contribution is 5.12. The summed E-state index contributed by atoms with van der Waals surface area (Å²) < 4.78 is 0. The Bertz CT molecular complexity index is 261. The average Bonchev–Trinajstić information content (AvgIpc) is 2.44. The van der Waals surface area contributed by atoms with Crippen LogP contribution in [0, 0.1) is 19.8 Å². The Morgan fingerprint density at radius 1 is 1.46 bits per heavy atom. The Morgan fingerprint density at radius 2 is 2.08 bits per heavy atom. The quantitative estimate of drug-likeness (QED) is 0.752. The van der Waals surface area contributed by atoms with Gasteiger partial charge in [-0.1, -0.05) is 20.3 Å². The van der Waals surface area contributed by atoms with E-state index in [9.17, 15) is 5.11 Å². The lowest BCUT2D eigenvalue weighted by Crippen LogP contribution is -2.09. The average molecular weight is 182 g/mol. The molecule has 1 aromatic rings. The minimum absolute atomic E-state index is 0.255. The number of aromatic amines is 1. The molecule has 0 radical (unpaired) electrons. The SMILES string of the molecule is CCC(C)C(O)c1nc(C)c(C)[nH]1. The summed E-state index contributed by atoms with van der Waals surface area (Å²) in [4.78, 5) is 7.37. The van der Waals surface area contributed by atoms with Crippen molar-refractivity contribution in [3.63, 3.8) is 0 Å². The molecule has 3 heteroatoms. The van der Waals surface area contributed by atoms with Gasteiger partial charge >= 0.3 is 0 Å². The summed E-state index contributed by atoms with van der Waals surface area (Å²) in [5.74, 6) is 0.953. The first-order valence-electron chi connectivity index (χ1n) is 4.77. The van der Waals surface area contributed by atoms with Gasteiger partial charge in [0, 0.05) is 5.69 Å². The first kappa shape index (κ1) is 10.3. The van der Waals surface area contributed by atoms with Crippen molar-refractivity contribution in [2.24, 2.45) is 5.92 Å². The number of aliphatic hydroxyl groups excluding tert-OH is 1. The van der Waals surface area contributed by atoms with E-state index in [1.165, 1.54) is 0 Å². The van der Waals surface area contributed by atoms with Crippen LogP contribution in [0.2, 0.25) is 0 Å². The smallest absolute Gasteiger partial charge is 0.135 e. The molecule has 0 saturated carbocycles. The third-order valence-electron chi connectivity index (χ3n) is 2.61. The van der Waals surface area contributed by atoms with Crippen LogP contribution in [0.5, 0.6) is 0 Å². The zero-order valence-electron chi connectivity index (χ0n) is 8.76. The number of aryl methyl sites for hydroxylation is 2. The molecule has 0 bridgehead atoms. The number of aromatic nitrogens is 2. The number of hydrogen-bond donors (Lipinski definition) is 2. The molecule has 2 unspecified atom stereocenters. The van der Waals surface area contributed by atoms with Gasteiger partial charge < -0.3 is 10.1 Å². The second-order valence-corrected chi connectivity index (χ2v) is 3.66. The van der Waals surface area contributed by atoms with Crippen molar-refractivity contribution in [2.75, 3.05) is 0 Å². The van der Waals surface area contributed by atoms with Crippen molar-refractivity contribution < 1.29 is 5.11 Å². The van der Waals surface area contributed by atoms with Crippen LogP contribution in [0.25, 0.3) is 0 Å². The molecule has 2 N–H and O–H groups in total. The van der Waals surface area contributed by atoms with Gasteiger partial charge in [0.2, 0.25) is 0 Å². The lowest BCUT2D eigenvalue weighted by Gasteiger charge is -2.14. The van der Waals surface area contributed by atoms with Crippen molar-refractivity contribution in [3.05, 3.63) is 17.2 Å². The first-order valence-corrected chi connectivity index (χ1v) is 4.77. The lowest BCUT2D eigenvalue weighted by atomic mass is 10.0. The van der Waals surface area contributed by atoms with Gasteiger partial charge in [-0.2, -0.15) is 0 Å². The summed E-state index contributed by atoms with van der Waals surface area (Å²) in [5.41, 5.74) is 2.01. The van der Waals surface area contributed by atoms with Crippen molar-refractivity contribution in [3.8, 4) is 0 Å². The van der Waals surface area contributed by atoms with Crippen molar-refractivity contribution in [1.82, 2.24) is 9.97 Å². The van der Waals surface area contributed by atoms with E-state index in [1.54, 1.807) is 0 Å². The second kappa shape index (κ2) is 3.92. The molecule has 0 aliphatic heterocycles. The van der Waals surface area contributed by atoms with E-state index in [4.69, 9.17) is 0 Å². The molecule has 0 fully saturated rings. The molecular weight excluding hydrogens is 164 g/mol. The van der Waals surface area contributed by atoms with Crippen molar-refractivity contribution >= 4 is 0 Å². The number of rotatable bonds is 3. The summed E-state index contributed by atoms with van der Waals surface area (Å²) in [7, 11) is 0. The monoisotopic (exact) mass is 182 g/mol. The molecule has 0 amide bonds. The summed E-state index contributed by atoms with van der Waals surface area (Å²) in [6, 6.07) is 0. The predicted octanol–water partition coefficient (Wildman–Crippen LogP) is 2.11. The van der Waals surface area contributed by atoms with Gasteiger partial charge in [-0.15, -0.1) is 0 Å². The zero-order valence-corrected chi connectivity index (χ0v) is 8.76. The molecule has 74 valence electrons. The zero-order chi connectivity index (χ0) is 10.0. The third-order valence-corrected chi connectivity index (χ3v) is 2.61. The van der Waals surface area contributed by atoms with Gasteiger partial charge in [0.1, 0.15) is 11.9 Å². The van der Waals surface area contributed by atoms with E-state index in [-0.39, 0.29) is 5.92 Å². The Morgan fingerprint density at radius 3 is 2.46 bits per heavy atom. The molecule has 3 nitrogen and oxygen atoms in total. The highest BCUT2D eigenvalue weighted by Gasteiger charge is 2.18. The molecule has 1 aromatic heterocycles. The van der Waals surface area contributed by atoms with Gasteiger partial charge in [-0.05, 0) is 19.8 Å². The topological polar surface area (TPSA) is 48.9 Å². The normalized spacial score (nSPS) is 15.8. The van der Waals surface area contributed by atoms with Gasteiger partial charge in [0.25, 0.3) is 0 Å². The maximum absolute atomic E-state index is 9.83. The van der Waals surface area contributed by atoms with E-state index in [1.807, 2.05) is 20.8 Å². The van der Waals surface area contributed by atoms with E-state index in [0.29, 0.717) is 5.82 Å². The minimum atomic E-state index is -0.461. The fourth-order valence-corrected chi connectivity index (χ4v) is 1.21. The van der Waals surface area contributed by atoms with Crippen LogP contribution in [0.4, 0.5) is 0 Å². The number of aliphatic hydroxyl groups is 1. The van der Waals surface area contributed by atoms with Crippen LogP contribution in [-0.2, 0) is 0 Å². The maximum atomic E-state index is 9.83. The number of nitrogens with one attached hydrogen (secondary N) is 1. The number of imidazole rings is 1. The number of nitrogens with zero attached hydrogens (tertiary/aromatic N) is 1. The molecule has 1 rings (SSSR count). The Kier molecular flexibility index (Phi) is 3.09. The summed E-state index contributed by atoms with van der Waals surface area (Å²) in [5, 5.41) is 9.83. The Balaban J connectivity index is 2.82. The molecule has 13 heavy (non-hydrogen) atoms. The number of H-pyrrole nitrogens is 1. The minimum Gasteiger partial charge on any atom is -0.385 e. The van der Waals surface area contributed by atoms with Crippen LogP contribution >= 0.6 is 0 Å². The molecule has 0 aliphatic carbocycles. The lowest BCUT2D eigenvalue weighted by molar-refractivity contribution is 0.107. The molecule has 0 saturated heterocycles. The fraction of sp³-hybridized carbons (Fsp3) is 0.700. The van der Waals surface area contributed by atoms with Crippen LogP contribution in [0.3, 0.4) is 0 Å². The summed E-state index contributed by atoms with van der Waals surface area (Å²) in [6.45, 7) is 8.00. The third kappa shape index (κ3) is 2.10.